The van der Waals surface area contributed by atoms with Gasteiger partial charge in [0.25, 0.3) is 5.91 Å². The second-order valence-corrected chi connectivity index (χ2v) is 10.1. The molecule has 0 saturated heterocycles. The summed E-state index contributed by atoms with van der Waals surface area (Å²) in [6.07, 6.45) is 6.27. The lowest BCUT2D eigenvalue weighted by Crippen LogP contribution is -2.43. The number of ether oxygens (including phenoxy) is 1. The quantitative estimate of drug-likeness (QED) is 0.384. The van der Waals surface area contributed by atoms with Crippen LogP contribution < -0.4 is 10.1 Å². The second kappa shape index (κ2) is 11.4. The Bertz CT molecular complexity index is 1220. The third kappa shape index (κ3) is 6.36. The van der Waals surface area contributed by atoms with Crippen molar-refractivity contribution in [2.45, 2.75) is 58.0 Å². The van der Waals surface area contributed by atoms with E-state index >= 15 is 0 Å². The first-order chi connectivity index (χ1) is 17.9. The fraction of sp³-hybridized carbons (Fsp3) is 0.464. The van der Waals surface area contributed by atoms with E-state index in [1.54, 1.807) is 12.3 Å². The number of oxazole rings is 1. The standard InChI is InChI=1S/C28H34N4O5/c1-18-27(37-17-31-18)16-36-24-6-5-21-13-32(15-26(34)25(21)11-24)14-23(33)12-30-28(35)20-7-8-29-22(10-20)9-19-3-2-4-19/h5-8,10-11,17,19,23,26,33-34H,2-4,9,12-16H2,1H3,(H,30,35)/t23-,26-/m0/s1. The number of aromatic nitrogens is 2. The van der Waals surface area contributed by atoms with Crippen LogP contribution in [-0.2, 0) is 19.6 Å². The first-order valence-corrected chi connectivity index (χ1v) is 12.9. The number of amides is 1. The number of carbonyl (C=O) groups is 1. The van der Waals surface area contributed by atoms with Crippen LogP contribution in [-0.4, -0.2) is 56.7 Å². The number of carbonyl (C=O) groups excluding carboxylic acids is 1. The molecule has 1 aromatic carbocycles. The summed E-state index contributed by atoms with van der Waals surface area (Å²) < 4.78 is 11.1. The van der Waals surface area contributed by atoms with E-state index in [-0.39, 0.29) is 19.1 Å². The van der Waals surface area contributed by atoms with E-state index in [2.05, 4.69) is 15.3 Å². The van der Waals surface area contributed by atoms with Crippen molar-refractivity contribution >= 4 is 5.91 Å². The molecule has 37 heavy (non-hydrogen) atoms. The van der Waals surface area contributed by atoms with Gasteiger partial charge in [0.2, 0.25) is 0 Å². The summed E-state index contributed by atoms with van der Waals surface area (Å²) in [6.45, 7) is 3.58. The maximum absolute atomic E-state index is 12.6. The minimum atomic E-state index is -0.762. The molecule has 9 nitrogen and oxygen atoms in total. The summed E-state index contributed by atoms with van der Waals surface area (Å²) in [5.41, 5.74) is 4.10. The van der Waals surface area contributed by atoms with E-state index in [1.165, 1.54) is 25.7 Å². The van der Waals surface area contributed by atoms with Gasteiger partial charge in [0, 0.05) is 43.6 Å². The van der Waals surface area contributed by atoms with Crippen molar-refractivity contribution in [1.29, 1.82) is 0 Å². The van der Waals surface area contributed by atoms with Gasteiger partial charge >= 0.3 is 0 Å². The highest BCUT2D eigenvalue weighted by molar-refractivity contribution is 5.94. The number of β-amino-alcohol motifs (C(OH)–C–C–N with tert-alkyl or cyclic N) is 2. The topological polar surface area (TPSA) is 121 Å². The number of aliphatic hydroxyl groups excluding tert-OH is 2. The Hall–Kier alpha value is -3.27. The number of benzene rings is 1. The predicted molar refractivity (Wildman–Crippen MR) is 136 cm³/mol. The molecular weight excluding hydrogens is 472 g/mol. The maximum Gasteiger partial charge on any atom is 0.251 e. The molecule has 2 aliphatic rings. The molecule has 5 rings (SSSR count). The van der Waals surface area contributed by atoms with Gasteiger partial charge in [-0.25, -0.2) is 4.98 Å². The van der Waals surface area contributed by atoms with E-state index in [0.717, 1.165) is 28.9 Å². The zero-order chi connectivity index (χ0) is 25.8. The lowest BCUT2D eigenvalue weighted by molar-refractivity contribution is 0.0517. The molecule has 3 heterocycles. The molecule has 1 fully saturated rings. The predicted octanol–water partition coefficient (Wildman–Crippen LogP) is 2.94. The molecule has 0 spiro atoms. The number of nitrogens with zero attached hydrogens (tertiary/aromatic N) is 3. The van der Waals surface area contributed by atoms with E-state index in [1.807, 2.05) is 36.1 Å². The van der Waals surface area contributed by atoms with Crippen molar-refractivity contribution in [2.24, 2.45) is 5.92 Å². The monoisotopic (exact) mass is 506 g/mol. The maximum atomic E-state index is 12.6. The third-order valence-electron chi connectivity index (χ3n) is 7.28. The Labute approximate surface area is 216 Å². The smallest absolute Gasteiger partial charge is 0.251 e. The number of rotatable bonds is 10. The summed E-state index contributed by atoms with van der Waals surface area (Å²) in [6, 6.07) is 9.21. The Balaban J connectivity index is 1.10. The largest absolute Gasteiger partial charge is 0.486 e. The number of hydrogen-bond acceptors (Lipinski definition) is 8. The molecule has 1 aliphatic carbocycles. The minimum absolute atomic E-state index is 0.131. The fourth-order valence-corrected chi connectivity index (χ4v) is 4.92. The van der Waals surface area contributed by atoms with Crippen LogP contribution in [0.25, 0.3) is 0 Å². The van der Waals surface area contributed by atoms with Gasteiger partial charge in [0.15, 0.2) is 12.2 Å². The van der Waals surface area contributed by atoms with Crippen molar-refractivity contribution in [3.63, 3.8) is 0 Å². The normalized spacial score (nSPS) is 18.6. The highest BCUT2D eigenvalue weighted by Gasteiger charge is 2.26. The Morgan fingerprint density at radius 1 is 1.27 bits per heavy atom. The van der Waals surface area contributed by atoms with Gasteiger partial charge in [0.1, 0.15) is 12.4 Å². The van der Waals surface area contributed by atoms with Crippen LogP contribution in [0.5, 0.6) is 5.75 Å². The Kier molecular flexibility index (Phi) is 7.83. The second-order valence-electron chi connectivity index (χ2n) is 10.1. The van der Waals surface area contributed by atoms with Gasteiger partial charge in [-0.15, -0.1) is 0 Å². The van der Waals surface area contributed by atoms with Crippen molar-refractivity contribution in [1.82, 2.24) is 20.2 Å². The van der Waals surface area contributed by atoms with Crippen molar-refractivity contribution in [2.75, 3.05) is 19.6 Å². The first kappa shape index (κ1) is 25.4. The van der Waals surface area contributed by atoms with Crippen LogP contribution >= 0.6 is 0 Å². The molecule has 9 heteroatoms. The van der Waals surface area contributed by atoms with Gasteiger partial charge in [-0.1, -0.05) is 25.3 Å². The van der Waals surface area contributed by atoms with Crippen LogP contribution in [0, 0.1) is 12.8 Å². The van der Waals surface area contributed by atoms with Crippen LogP contribution in [0.1, 0.15) is 64.0 Å². The van der Waals surface area contributed by atoms with E-state index in [0.29, 0.717) is 42.6 Å². The Morgan fingerprint density at radius 2 is 2.14 bits per heavy atom. The lowest BCUT2D eigenvalue weighted by atomic mass is 9.82. The third-order valence-corrected chi connectivity index (χ3v) is 7.28. The van der Waals surface area contributed by atoms with Gasteiger partial charge in [-0.3, -0.25) is 14.7 Å². The number of pyridine rings is 1. The molecule has 2 atom stereocenters. The molecular formula is C28H34N4O5. The summed E-state index contributed by atoms with van der Waals surface area (Å²) in [7, 11) is 0. The molecule has 1 saturated carbocycles. The number of aryl methyl sites for hydroxylation is 1. The highest BCUT2D eigenvalue weighted by Crippen LogP contribution is 2.31. The molecule has 0 radical (unpaired) electrons. The van der Waals surface area contributed by atoms with Gasteiger partial charge in [-0.2, -0.15) is 0 Å². The summed E-state index contributed by atoms with van der Waals surface area (Å²) in [4.78, 5) is 23.1. The zero-order valence-electron chi connectivity index (χ0n) is 21.1. The molecule has 1 amide bonds. The number of aliphatic hydroxyl groups is 2. The van der Waals surface area contributed by atoms with E-state index in [4.69, 9.17) is 9.15 Å². The highest BCUT2D eigenvalue weighted by atomic mass is 16.5. The minimum Gasteiger partial charge on any atom is -0.486 e. The summed E-state index contributed by atoms with van der Waals surface area (Å²) in [5, 5.41) is 24.2. The van der Waals surface area contributed by atoms with Crippen molar-refractivity contribution in [3.8, 4) is 5.75 Å². The van der Waals surface area contributed by atoms with Crippen molar-refractivity contribution in [3.05, 3.63) is 76.8 Å². The zero-order valence-corrected chi connectivity index (χ0v) is 21.1. The number of hydrogen-bond donors (Lipinski definition) is 3. The average molecular weight is 507 g/mol. The van der Waals surface area contributed by atoms with Crippen LogP contribution in [0.15, 0.2) is 47.3 Å². The molecule has 3 aromatic rings. The van der Waals surface area contributed by atoms with Crippen LogP contribution in [0.2, 0.25) is 0 Å². The summed E-state index contributed by atoms with van der Waals surface area (Å²) >= 11 is 0. The molecule has 0 unspecified atom stereocenters. The number of nitrogens with one attached hydrogen (secondary N) is 1. The van der Waals surface area contributed by atoms with Crippen molar-refractivity contribution < 1.29 is 24.2 Å². The lowest BCUT2D eigenvalue weighted by Gasteiger charge is -2.33. The summed E-state index contributed by atoms with van der Waals surface area (Å²) in [5.74, 6) is 1.79. The van der Waals surface area contributed by atoms with Crippen LogP contribution in [0.4, 0.5) is 0 Å². The number of fused-ring (bicyclic) bond motifs is 1. The van der Waals surface area contributed by atoms with Crippen LogP contribution in [0.3, 0.4) is 0 Å². The fourth-order valence-electron chi connectivity index (χ4n) is 4.92. The SMILES string of the molecule is Cc1ncoc1COc1ccc2c(c1)[C@@H](O)CN(C[C@@H](O)CNC(=O)c1ccnc(CC3CCC3)c1)C2. The van der Waals surface area contributed by atoms with Gasteiger partial charge < -0.3 is 24.7 Å². The molecule has 2 aromatic heterocycles. The molecule has 3 N–H and O–H groups in total. The first-order valence-electron chi connectivity index (χ1n) is 12.9. The molecule has 1 aliphatic heterocycles. The van der Waals surface area contributed by atoms with Gasteiger partial charge in [-0.05, 0) is 54.7 Å². The van der Waals surface area contributed by atoms with E-state index < -0.39 is 12.2 Å². The Morgan fingerprint density at radius 3 is 2.89 bits per heavy atom. The molecule has 196 valence electrons. The van der Waals surface area contributed by atoms with E-state index in [9.17, 15) is 15.0 Å². The van der Waals surface area contributed by atoms with Gasteiger partial charge in [0.05, 0.1) is 17.9 Å². The average Bonchev–Trinajstić information content (AvgIpc) is 3.28. The molecule has 0 bridgehead atoms.